The van der Waals surface area contributed by atoms with Gasteiger partial charge >= 0.3 is 6.18 Å². The van der Waals surface area contributed by atoms with Gasteiger partial charge in [0.1, 0.15) is 0 Å². The van der Waals surface area contributed by atoms with Crippen molar-refractivity contribution in [3.63, 3.8) is 0 Å². The summed E-state index contributed by atoms with van der Waals surface area (Å²) in [6.45, 7) is 1.45. The van der Waals surface area contributed by atoms with Crippen molar-refractivity contribution >= 4 is 28.5 Å². The molecule has 13 heavy (non-hydrogen) atoms. The van der Waals surface area contributed by atoms with Crippen LogP contribution in [-0.2, 0) is 6.18 Å². The van der Waals surface area contributed by atoms with Crippen LogP contribution in [-0.4, -0.2) is 9.97 Å². The average Bonchev–Trinajstić information content (AvgIpc) is 1.94. The van der Waals surface area contributed by atoms with Gasteiger partial charge in [-0.05, 0) is 29.5 Å². The Balaban J connectivity index is 3.37. The van der Waals surface area contributed by atoms with Gasteiger partial charge in [0.25, 0.3) is 0 Å². The van der Waals surface area contributed by atoms with E-state index in [1.165, 1.54) is 6.92 Å². The zero-order valence-electron chi connectivity index (χ0n) is 6.48. The number of halogens is 4. The number of anilines is 1. The van der Waals surface area contributed by atoms with E-state index in [2.05, 4.69) is 9.97 Å². The first-order valence-corrected chi connectivity index (χ1v) is 4.27. The molecule has 1 rings (SSSR count). The van der Waals surface area contributed by atoms with E-state index >= 15 is 0 Å². The summed E-state index contributed by atoms with van der Waals surface area (Å²) in [4.78, 5) is 6.75. The van der Waals surface area contributed by atoms with E-state index in [0.29, 0.717) is 0 Å². The second kappa shape index (κ2) is 3.28. The lowest BCUT2D eigenvalue weighted by molar-refractivity contribution is -0.141. The molecule has 1 aromatic rings. The van der Waals surface area contributed by atoms with Crippen molar-refractivity contribution < 1.29 is 13.2 Å². The number of alkyl halides is 3. The molecule has 0 spiro atoms. The number of aryl methyl sites for hydroxylation is 1. The topological polar surface area (TPSA) is 51.8 Å². The molecule has 0 amide bonds. The summed E-state index contributed by atoms with van der Waals surface area (Å²) < 4.78 is 36.8. The molecule has 0 fully saturated rings. The molecular formula is C6H5F3IN3. The smallest absolute Gasteiger partial charge is 0.368 e. The molecule has 0 aliphatic heterocycles. The van der Waals surface area contributed by atoms with E-state index < -0.39 is 11.9 Å². The van der Waals surface area contributed by atoms with E-state index in [1.54, 1.807) is 22.6 Å². The van der Waals surface area contributed by atoms with E-state index in [4.69, 9.17) is 5.73 Å². The molecule has 0 saturated carbocycles. The summed E-state index contributed by atoms with van der Waals surface area (Å²) >= 11 is 1.55. The van der Waals surface area contributed by atoms with Crippen LogP contribution in [0.3, 0.4) is 0 Å². The maximum absolute atomic E-state index is 12.3. The Labute approximate surface area is 85.7 Å². The third kappa shape index (κ3) is 2.20. The van der Waals surface area contributed by atoms with E-state index in [-0.39, 0.29) is 15.2 Å². The van der Waals surface area contributed by atoms with Crippen molar-refractivity contribution in [2.24, 2.45) is 0 Å². The fourth-order valence-corrected chi connectivity index (χ4v) is 1.32. The third-order valence-electron chi connectivity index (χ3n) is 1.30. The SMILES string of the molecule is Cc1nc(N)nc(C(F)(F)F)c1I. The summed E-state index contributed by atoms with van der Waals surface area (Å²) in [7, 11) is 0. The number of aromatic nitrogens is 2. The maximum Gasteiger partial charge on any atom is 0.434 e. The first-order valence-electron chi connectivity index (χ1n) is 3.19. The number of nitrogens with zero attached hydrogens (tertiary/aromatic N) is 2. The van der Waals surface area contributed by atoms with Gasteiger partial charge in [-0.3, -0.25) is 0 Å². The van der Waals surface area contributed by atoms with Crippen LogP contribution in [0.4, 0.5) is 19.1 Å². The van der Waals surface area contributed by atoms with Gasteiger partial charge in [-0.15, -0.1) is 0 Å². The molecule has 1 heterocycles. The lowest BCUT2D eigenvalue weighted by Gasteiger charge is -2.09. The van der Waals surface area contributed by atoms with Crippen molar-refractivity contribution in [3.8, 4) is 0 Å². The highest BCUT2D eigenvalue weighted by molar-refractivity contribution is 14.1. The second-order valence-corrected chi connectivity index (χ2v) is 3.41. The Morgan fingerprint density at radius 1 is 1.31 bits per heavy atom. The van der Waals surface area contributed by atoms with Crippen LogP contribution in [0.15, 0.2) is 0 Å². The van der Waals surface area contributed by atoms with Crippen LogP contribution in [0.2, 0.25) is 0 Å². The van der Waals surface area contributed by atoms with Gasteiger partial charge in [-0.25, -0.2) is 9.97 Å². The van der Waals surface area contributed by atoms with Crippen LogP contribution in [0.1, 0.15) is 11.4 Å². The second-order valence-electron chi connectivity index (χ2n) is 2.33. The Morgan fingerprint density at radius 2 is 1.85 bits per heavy atom. The quantitative estimate of drug-likeness (QED) is 0.746. The monoisotopic (exact) mass is 303 g/mol. The molecule has 1 aromatic heterocycles. The Kier molecular flexibility index (Phi) is 2.64. The predicted octanol–water partition coefficient (Wildman–Crippen LogP) is 1.99. The highest BCUT2D eigenvalue weighted by Crippen LogP contribution is 2.32. The fraction of sp³-hybridized carbons (Fsp3) is 0.333. The molecule has 0 atom stereocenters. The zero-order valence-corrected chi connectivity index (χ0v) is 8.64. The van der Waals surface area contributed by atoms with Gasteiger partial charge in [0.15, 0.2) is 5.69 Å². The standard InChI is InChI=1S/C6H5F3IN3/c1-2-3(10)4(6(7,8)9)13-5(11)12-2/h1H3,(H2,11,12,13). The molecule has 0 aromatic carbocycles. The van der Waals surface area contributed by atoms with Crippen LogP contribution >= 0.6 is 22.6 Å². The van der Waals surface area contributed by atoms with Gasteiger partial charge in [0.05, 0.1) is 9.26 Å². The maximum atomic E-state index is 12.3. The van der Waals surface area contributed by atoms with Crippen LogP contribution < -0.4 is 5.73 Å². The molecular weight excluding hydrogens is 298 g/mol. The average molecular weight is 303 g/mol. The van der Waals surface area contributed by atoms with Crippen molar-refractivity contribution in [2.75, 3.05) is 5.73 Å². The first kappa shape index (κ1) is 10.5. The third-order valence-corrected chi connectivity index (χ3v) is 2.59. The van der Waals surface area contributed by atoms with Gasteiger partial charge in [0.2, 0.25) is 5.95 Å². The molecule has 7 heteroatoms. The van der Waals surface area contributed by atoms with Crippen LogP contribution in [0, 0.1) is 10.5 Å². The Hall–Kier alpha value is -0.600. The van der Waals surface area contributed by atoms with Crippen LogP contribution in [0.25, 0.3) is 0 Å². The Bertz CT molecular complexity index is 337. The number of nitrogens with two attached hydrogens (primary N) is 1. The zero-order chi connectivity index (χ0) is 10.2. The van der Waals surface area contributed by atoms with Crippen molar-refractivity contribution in [1.29, 1.82) is 0 Å². The molecule has 72 valence electrons. The molecule has 0 radical (unpaired) electrons. The molecule has 0 saturated heterocycles. The van der Waals surface area contributed by atoms with Gasteiger partial charge in [0, 0.05) is 0 Å². The van der Waals surface area contributed by atoms with Crippen molar-refractivity contribution in [2.45, 2.75) is 13.1 Å². The number of nitrogen functional groups attached to an aromatic ring is 1. The van der Waals surface area contributed by atoms with Crippen molar-refractivity contribution in [1.82, 2.24) is 9.97 Å². The molecule has 0 bridgehead atoms. The summed E-state index contributed by atoms with van der Waals surface area (Å²) in [5, 5.41) is 0. The lowest BCUT2D eigenvalue weighted by atomic mass is 10.3. The van der Waals surface area contributed by atoms with E-state index in [1.807, 2.05) is 0 Å². The molecule has 2 N–H and O–H groups in total. The van der Waals surface area contributed by atoms with Gasteiger partial charge in [-0.1, -0.05) is 0 Å². The van der Waals surface area contributed by atoms with Gasteiger partial charge in [-0.2, -0.15) is 13.2 Å². The van der Waals surface area contributed by atoms with E-state index in [9.17, 15) is 13.2 Å². The number of hydrogen-bond donors (Lipinski definition) is 1. The predicted molar refractivity (Wildman–Crippen MR) is 48.9 cm³/mol. The summed E-state index contributed by atoms with van der Waals surface area (Å²) in [5.74, 6) is -0.356. The Morgan fingerprint density at radius 3 is 2.31 bits per heavy atom. The largest absolute Gasteiger partial charge is 0.434 e. The molecule has 0 aliphatic carbocycles. The number of hydrogen-bond acceptors (Lipinski definition) is 3. The lowest BCUT2D eigenvalue weighted by Crippen LogP contribution is -2.14. The molecule has 0 unspecified atom stereocenters. The summed E-state index contributed by atoms with van der Waals surface area (Å²) in [6, 6.07) is 0. The van der Waals surface area contributed by atoms with Crippen molar-refractivity contribution in [3.05, 3.63) is 15.0 Å². The first-order chi connectivity index (χ1) is 5.82. The van der Waals surface area contributed by atoms with Crippen LogP contribution in [0.5, 0.6) is 0 Å². The highest BCUT2D eigenvalue weighted by atomic mass is 127. The van der Waals surface area contributed by atoms with E-state index in [0.717, 1.165) is 0 Å². The minimum absolute atomic E-state index is 0.0145. The molecule has 3 nitrogen and oxygen atoms in total. The fourth-order valence-electron chi connectivity index (χ4n) is 0.769. The minimum Gasteiger partial charge on any atom is -0.368 e. The minimum atomic E-state index is -4.47. The summed E-state index contributed by atoms with van der Waals surface area (Å²) in [5.41, 5.74) is 4.36. The normalized spacial score (nSPS) is 11.8. The number of rotatable bonds is 0. The highest BCUT2D eigenvalue weighted by Gasteiger charge is 2.36. The molecule has 0 aliphatic rings. The van der Waals surface area contributed by atoms with Gasteiger partial charge < -0.3 is 5.73 Å². The summed E-state index contributed by atoms with van der Waals surface area (Å²) in [6.07, 6.45) is -4.47.